The zero-order valence-electron chi connectivity index (χ0n) is 18.3. The van der Waals surface area contributed by atoms with Crippen LogP contribution in [0.3, 0.4) is 0 Å². The molecule has 2 aliphatic rings. The van der Waals surface area contributed by atoms with Crippen LogP contribution in [0.4, 0.5) is 24.5 Å². The molecule has 11 heteroatoms. The van der Waals surface area contributed by atoms with Crippen molar-refractivity contribution in [2.45, 2.75) is 23.4 Å². The lowest BCUT2D eigenvalue weighted by Crippen LogP contribution is -2.41. The first-order valence-electron chi connectivity index (χ1n) is 10.7. The number of nitro benzene ring substituents is 1. The van der Waals surface area contributed by atoms with Gasteiger partial charge in [-0.15, -0.1) is 11.8 Å². The van der Waals surface area contributed by atoms with E-state index in [0.717, 1.165) is 12.1 Å². The number of nitro groups is 1. The predicted molar refractivity (Wildman–Crippen MR) is 129 cm³/mol. The first-order valence-corrected chi connectivity index (χ1v) is 12.1. The van der Waals surface area contributed by atoms with Crippen LogP contribution in [0.2, 0.25) is 5.02 Å². The van der Waals surface area contributed by atoms with Crippen molar-refractivity contribution in [1.29, 1.82) is 0 Å². The normalized spacial score (nSPS) is 21.3. The van der Waals surface area contributed by atoms with Crippen molar-refractivity contribution in [2.24, 2.45) is 0 Å². The van der Waals surface area contributed by atoms with Gasteiger partial charge in [0.1, 0.15) is 4.75 Å². The van der Waals surface area contributed by atoms with Crippen molar-refractivity contribution in [1.82, 2.24) is 0 Å². The van der Waals surface area contributed by atoms with Crippen LogP contribution in [0.15, 0.2) is 66.7 Å². The van der Waals surface area contributed by atoms with Gasteiger partial charge >= 0.3 is 6.18 Å². The van der Waals surface area contributed by atoms with Crippen LogP contribution in [-0.4, -0.2) is 22.4 Å². The fourth-order valence-corrected chi connectivity index (χ4v) is 6.65. The maximum absolute atomic E-state index is 14.1. The summed E-state index contributed by atoms with van der Waals surface area (Å²) < 4.78 is 38.2. The number of benzene rings is 3. The summed E-state index contributed by atoms with van der Waals surface area (Å²) in [6.07, 6.45) is -4.76. The number of carbonyl (C=O) groups excluding carboxylic acids is 2. The van der Waals surface area contributed by atoms with Gasteiger partial charge in [-0.3, -0.25) is 19.7 Å². The molecule has 1 spiro atoms. The number of nitrogens with zero attached hydrogens (tertiary/aromatic N) is 2. The van der Waals surface area contributed by atoms with Crippen LogP contribution in [0, 0.1) is 10.1 Å². The molecular formula is C25H16ClF3N2O4S. The first kappa shape index (κ1) is 24.3. The van der Waals surface area contributed by atoms with E-state index in [9.17, 15) is 32.9 Å². The lowest BCUT2D eigenvalue weighted by Gasteiger charge is -2.29. The highest BCUT2D eigenvalue weighted by Gasteiger charge is 2.62. The highest BCUT2D eigenvalue weighted by Crippen LogP contribution is 2.60. The maximum atomic E-state index is 14.1. The Kier molecular flexibility index (Phi) is 5.83. The summed E-state index contributed by atoms with van der Waals surface area (Å²) in [6, 6.07) is 15.8. The molecule has 0 aliphatic carbocycles. The second kappa shape index (κ2) is 8.63. The topological polar surface area (TPSA) is 80.5 Å². The molecule has 36 heavy (non-hydrogen) atoms. The summed E-state index contributed by atoms with van der Waals surface area (Å²) in [5, 5.41) is 12.0. The number of amides is 1. The minimum absolute atomic E-state index is 0.0539. The number of hydrogen-bond donors (Lipinski definition) is 0. The van der Waals surface area contributed by atoms with Gasteiger partial charge in [0.2, 0.25) is 5.91 Å². The Balaban J connectivity index is 1.62. The Labute approximate surface area is 212 Å². The molecule has 0 N–H and O–H groups in total. The average Bonchev–Trinajstić information content (AvgIpc) is 3.29. The smallest absolute Gasteiger partial charge is 0.306 e. The summed E-state index contributed by atoms with van der Waals surface area (Å²) in [7, 11) is 0. The average molecular weight is 533 g/mol. The first-order chi connectivity index (χ1) is 17.0. The van der Waals surface area contributed by atoms with Crippen molar-refractivity contribution in [2.75, 3.05) is 10.7 Å². The monoisotopic (exact) mass is 532 g/mol. The van der Waals surface area contributed by atoms with Gasteiger partial charge in [0.05, 0.1) is 28.7 Å². The van der Waals surface area contributed by atoms with E-state index in [4.69, 9.17) is 11.6 Å². The number of hydrogen-bond acceptors (Lipinski definition) is 5. The number of para-hydroxylation sites is 1. The van der Waals surface area contributed by atoms with Crippen LogP contribution in [0.5, 0.6) is 0 Å². The number of fused-ring (bicyclic) bond motifs is 2. The molecule has 0 bridgehead atoms. The minimum atomic E-state index is -4.76. The molecule has 1 saturated heterocycles. The number of Topliss-reactive ketones (excluding diaryl/α,β-unsaturated/α-hetero) is 1. The van der Waals surface area contributed by atoms with Gasteiger partial charge in [-0.25, -0.2) is 0 Å². The molecule has 2 atom stereocenters. The molecule has 0 radical (unpaired) electrons. The Hall–Kier alpha value is -3.37. The van der Waals surface area contributed by atoms with E-state index in [2.05, 4.69) is 0 Å². The van der Waals surface area contributed by atoms with Crippen molar-refractivity contribution in [3.05, 3.63) is 104 Å². The van der Waals surface area contributed by atoms with Crippen LogP contribution < -0.4 is 4.90 Å². The summed E-state index contributed by atoms with van der Waals surface area (Å²) >= 11 is 7.36. The van der Waals surface area contributed by atoms with E-state index in [1.165, 1.54) is 16.7 Å². The van der Waals surface area contributed by atoms with Crippen molar-refractivity contribution in [3.63, 3.8) is 0 Å². The molecule has 0 aromatic heterocycles. The number of rotatable bonds is 4. The molecule has 184 valence electrons. The quantitative estimate of drug-likeness (QED) is 0.299. The maximum Gasteiger partial charge on any atom is 0.416 e. The fourth-order valence-electron chi connectivity index (χ4n) is 4.92. The molecule has 1 fully saturated rings. The van der Waals surface area contributed by atoms with Gasteiger partial charge in [0, 0.05) is 27.9 Å². The standard InChI is InChI=1S/C25H16ClF3N2O4S/c26-17-5-3-4-14(10-17)22-21(32)13-36-24(22)18-6-1-2-7-19(18)30(23(24)33)12-15-8-9-16(25(27,28)29)11-20(15)31(34)35/h1-11,22H,12-13H2/t22-,24-/m0/s1. The summed E-state index contributed by atoms with van der Waals surface area (Å²) in [5.74, 6) is -1.39. The molecule has 0 saturated carbocycles. The fraction of sp³-hybridized carbons (Fsp3) is 0.200. The Morgan fingerprint density at radius 1 is 1.08 bits per heavy atom. The van der Waals surface area contributed by atoms with Gasteiger partial charge in [-0.1, -0.05) is 41.9 Å². The van der Waals surface area contributed by atoms with E-state index in [-0.39, 0.29) is 23.6 Å². The van der Waals surface area contributed by atoms with E-state index >= 15 is 0 Å². The second-order valence-corrected chi connectivity index (χ2v) is 10.1. The SMILES string of the molecule is O=C1CS[C@]2(C(=O)N(Cc3ccc(C(F)(F)F)cc3[N+](=O)[O-])c3ccccc32)[C@H]1c1cccc(Cl)c1. The van der Waals surface area contributed by atoms with Crippen LogP contribution >= 0.6 is 23.4 Å². The van der Waals surface area contributed by atoms with Gasteiger partial charge < -0.3 is 4.90 Å². The summed E-state index contributed by atoms with van der Waals surface area (Å²) in [5.41, 5.74) is -0.348. The minimum Gasteiger partial charge on any atom is -0.306 e. The molecule has 2 heterocycles. The molecule has 3 aromatic rings. The molecule has 2 aliphatic heterocycles. The number of anilines is 1. The zero-order valence-corrected chi connectivity index (χ0v) is 19.9. The second-order valence-electron chi connectivity index (χ2n) is 8.49. The molecule has 5 rings (SSSR count). The Morgan fingerprint density at radius 2 is 1.83 bits per heavy atom. The van der Waals surface area contributed by atoms with Gasteiger partial charge in [0.25, 0.3) is 5.69 Å². The van der Waals surface area contributed by atoms with Gasteiger partial charge in [-0.2, -0.15) is 13.2 Å². The van der Waals surface area contributed by atoms with Gasteiger partial charge in [-0.05, 0) is 35.9 Å². The van der Waals surface area contributed by atoms with Crippen molar-refractivity contribution >= 4 is 46.4 Å². The zero-order chi connectivity index (χ0) is 25.8. The summed E-state index contributed by atoms with van der Waals surface area (Å²) in [4.78, 5) is 39.3. The molecule has 3 aromatic carbocycles. The van der Waals surface area contributed by atoms with Crippen LogP contribution in [0.1, 0.15) is 28.2 Å². The van der Waals surface area contributed by atoms with Crippen molar-refractivity contribution in [3.8, 4) is 0 Å². The van der Waals surface area contributed by atoms with E-state index < -0.39 is 38.9 Å². The molecular weight excluding hydrogens is 517 g/mol. The lowest BCUT2D eigenvalue weighted by atomic mass is 9.79. The largest absolute Gasteiger partial charge is 0.416 e. The predicted octanol–water partition coefficient (Wildman–Crippen LogP) is 6.11. The number of thioether (sulfide) groups is 1. The third-order valence-electron chi connectivity index (χ3n) is 6.45. The van der Waals surface area contributed by atoms with Crippen molar-refractivity contribution < 1.29 is 27.7 Å². The Bertz CT molecular complexity index is 1430. The molecule has 1 amide bonds. The van der Waals surface area contributed by atoms with E-state index in [1.807, 2.05) is 0 Å². The highest BCUT2D eigenvalue weighted by molar-refractivity contribution is 8.02. The van der Waals surface area contributed by atoms with E-state index in [1.54, 1.807) is 48.5 Å². The Morgan fingerprint density at radius 3 is 2.53 bits per heavy atom. The lowest BCUT2D eigenvalue weighted by molar-refractivity contribution is -0.385. The molecule has 6 nitrogen and oxygen atoms in total. The van der Waals surface area contributed by atoms with E-state index in [0.29, 0.717) is 27.9 Å². The van der Waals surface area contributed by atoms with Crippen LogP contribution in [0.25, 0.3) is 0 Å². The highest BCUT2D eigenvalue weighted by atomic mass is 35.5. The molecule has 0 unspecified atom stereocenters. The summed E-state index contributed by atoms with van der Waals surface area (Å²) in [6.45, 7) is -0.330. The number of alkyl halides is 3. The van der Waals surface area contributed by atoms with Gasteiger partial charge in [0.15, 0.2) is 5.78 Å². The number of halogens is 4. The third kappa shape index (κ3) is 3.75. The van der Waals surface area contributed by atoms with Crippen LogP contribution in [-0.2, 0) is 27.1 Å². The third-order valence-corrected chi connectivity index (χ3v) is 8.20. The number of ketones is 1. The number of carbonyl (C=O) groups is 2.